The molecule has 0 radical (unpaired) electrons. The smallest absolute Gasteiger partial charge is 0.180 e. The number of rotatable bonds is 7. The number of carbonyl (C=O) groups is 2. The van der Waals surface area contributed by atoms with E-state index in [1.807, 2.05) is 0 Å². The van der Waals surface area contributed by atoms with Crippen LogP contribution in [0.15, 0.2) is 18.2 Å². The van der Waals surface area contributed by atoms with Crippen molar-refractivity contribution < 1.29 is 14.0 Å². The Morgan fingerprint density at radius 3 is 2.72 bits per heavy atom. The number of hydrogen-bond acceptors (Lipinski definition) is 4. The first-order valence-corrected chi connectivity index (χ1v) is 5.84. The molecule has 4 nitrogen and oxygen atoms in total. The summed E-state index contributed by atoms with van der Waals surface area (Å²) >= 11 is 0. The normalized spacial score (nSPS) is 12.2. The van der Waals surface area contributed by atoms with E-state index in [1.165, 1.54) is 6.07 Å². The van der Waals surface area contributed by atoms with Crippen LogP contribution in [0, 0.1) is 5.82 Å². The second-order valence-electron chi connectivity index (χ2n) is 4.10. The van der Waals surface area contributed by atoms with Gasteiger partial charge in [0.15, 0.2) is 12.1 Å². The summed E-state index contributed by atoms with van der Waals surface area (Å²) in [7, 11) is 0. The van der Waals surface area contributed by atoms with E-state index in [9.17, 15) is 14.0 Å². The van der Waals surface area contributed by atoms with Crippen molar-refractivity contribution in [1.29, 1.82) is 0 Å². The molecule has 1 aromatic carbocycles. The number of unbranched alkanes of at least 4 members (excludes halogenated alkanes) is 1. The predicted molar refractivity (Wildman–Crippen MR) is 67.0 cm³/mol. The predicted octanol–water partition coefficient (Wildman–Crippen LogP) is 1.28. The lowest BCUT2D eigenvalue weighted by molar-refractivity contribution is 0.0950. The van der Waals surface area contributed by atoms with E-state index in [2.05, 4.69) is 0 Å². The Morgan fingerprint density at radius 1 is 1.39 bits per heavy atom. The van der Waals surface area contributed by atoms with Crippen LogP contribution in [0.25, 0.3) is 0 Å². The lowest BCUT2D eigenvalue weighted by atomic mass is 9.96. The number of Topliss-reactive ketones (excluding diaryl/α,β-unsaturated/α-hetero) is 1. The topological polar surface area (TPSA) is 86.2 Å². The highest BCUT2D eigenvalue weighted by Crippen LogP contribution is 2.13. The Hall–Kier alpha value is -1.59. The zero-order valence-corrected chi connectivity index (χ0v) is 10.1. The molecule has 0 bridgehead atoms. The van der Waals surface area contributed by atoms with Gasteiger partial charge < -0.3 is 11.5 Å². The Bertz CT molecular complexity index is 435. The van der Waals surface area contributed by atoms with Gasteiger partial charge >= 0.3 is 0 Å². The van der Waals surface area contributed by atoms with Gasteiger partial charge in [0.05, 0.1) is 6.04 Å². The van der Waals surface area contributed by atoms with Crippen molar-refractivity contribution in [3.05, 3.63) is 35.1 Å². The Morgan fingerprint density at radius 2 is 2.11 bits per heavy atom. The molecule has 0 saturated carbocycles. The third kappa shape index (κ3) is 3.72. The van der Waals surface area contributed by atoms with Crippen LogP contribution in [0.1, 0.15) is 40.0 Å². The molecule has 1 atom stereocenters. The summed E-state index contributed by atoms with van der Waals surface area (Å²) in [5.74, 6) is -0.966. The zero-order valence-electron chi connectivity index (χ0n) is 10.1. The molecule has 0 heterocycles. The minimum absolute atomic E-state index is 0.0465. The molecular weight excluding hydrogens is 235 g/mol. The van der Waals surface area contributed by atoms with Gasteiger partial charge in [-0.05, 0) is 37.6 Å². The van der Waals surface area contributed by atoms with E-state index < -0.39 is 17.6 Å². The molecule has 0 unspecified atom stereocenters. The van der Waals surface area contributed by atoms with Crippen LogP contribution in [-0.2, 0) is 0 Å². The van der Waals surface area contributed by atoms with Crippen LogP contribution in [0.2, 0.25) is 0 Å². The van der Waals surface area contributed by atoms with Crippen LogP contribution in [-0.4, -0.2) is 24.7 Å². The molecule has 0 aliphatic carbocycles. The van der Waals surface area contributed by atoms with Gasteiger partial charge in [0.25, 0.3) is 0 Å². The molecule has 0 aliphatic rings. The van der Waals surface area contributed by atoms with Crippen LogP contribution >= 0.6 is 0 Å². The average molecular weight is 252 g/mol. The molecule has 4 N–H and O–H groups in total. The number of carbonyl (C=O) groups excluding carboxylic acids is 2. The van der Waals surface area contributed by atoms with Gasteiger partial charge in [0.1, 0.15) is 5.82 Å². The Kier molecular flexibility index (Phi) is 5.61. The molecule has 18 heavy (non-hydrogen) atoms. The molecule has 5 heteroatoms. The van der Waals surface area contributed by atoms with E-state index >= 15 is 0 Å². The number of ketones is 1. The van der Waals surface area contributed by atoms with Crippen molar-refractivity contribution in [3.63, 3.8) is 0 Å². The molecule has 1 rings (SSSR count). The van der Waals surface area contributed by atoms with Gasteiger partial charge in [-0.15, -0.1) is 0 Å². The maximum absolute atomic E-state index is 13.1. The lowest BCUT2D eigenvalue weighted by Crippen LogP contribution is -2.31. The molecule has 0 aliphatic heterocycles. The number of hydrogen-bond donors (Lipinski definition) is 2. The van der Waals surface area contributed by atoms with Crippen LogP contribution < -0.4 is 11.5 Å². The maximum atomic E-state index is 13.1. The molecule has 0 saturated heterocycles. The largest absolute Gasteiger partial charge is 0.330 e. The second kappa shape index (κ2) is 6.98. The number of nitrogens with two attached hydrogens (primary N) is 2. The molecule has 98 valence electrons. The number of benzene rings is 1. The second-order valence-corrected chi connectivity index (χ2v) is 4.10. The van der Waals surface area contributed by atoms with E-state index in [0.29, 0.717) is 19.3 Å². The first-order chi connectivity index (χ1) is 8.60. The summed E-state index contributed by atoms with van der Waals surface area (Å²) in [6, 6.07) is 2.74. The summed E-state index contributed by atoms with van der Waals surface area (Å²) in [5, 5.41) is 0. The van der Waals surface area contributed by atoms with Crippen molar-refractivity contribution in [2.45, 2.75) is 25.3 Å². The highest BCUT2D eigenvalue weighted by atomic mass is 19.1. The monoisotopic (exact) mass is 252 g/mol. The van der Waals surface area contributed by atoms with Gasteiger partial charge in [0.2, 0.25) is 0 Å². The van der Waals surface area contributed by atoms with Crippen LogP contribution in [0.5, 0.6) is 0 Å². The molecule has 0 amide bonds. The lowest BCUT2D eigenvalue weighted by Gasteiger charge is -2.11. The first kappa shape index (κ1) is 14.5. The summed E-state index contributed by atoms with van der Waals surface area (Å²) < 4.78 is 13.1. The molecule has 0 spiro atoms. The fourth-order valence-electron chi connectivity index (χ4n) is 1.68. The van der Waals surface area contributed by atoms with Gasteiger partial charge in [-0.3, -0.25) is 9.59 Å². The Labute approximate surface area is 105 Å². The van der Waals surface area contributed by atoms with E-state index in [0.717, 1.165) is 25.0 Å². The van der Waals surface area contributed by atoms with Crippen molar-refractivity contribution >= 4 is 12.1 Å². The van der Waals surface area contributed by atoms with Gasteiger partial charge in [-0.25, -0.2) is 4.39 Å². The van der Waals surface area contributed by atoms with Gasteiger partial charge in [-0.1, -0.05) is 6.42 Å². The van der Waals surface area contributed by atoms with Crippen LogP contribution in [0.4, 0.5) is 4.39 Å². The summed E-state index contributed by atoms with van der Waals surface area (Å²) in [4.78, 5) is 22.8. The van der Waals surface area contributed by atoms with E-state index in [-0.39, 0.29) is 11.1 Å². The third-order valence-electron chi connectivity index (χ3n) is 2.71. The van der Waals surface area contributed by atoms with E-state index in [4.69, 9.17) is 11.5 Å². The number of halogens is 1. The van der Waals surface area contributed by atoms with Crippen molar-refractivity contribution in [2.75, 3.05) is 6.54 Å². The summed E-state index contributed by atoms with van der Waals surface area (Å²) in [6.45, 7) is 0.542. The minimum Gasteiger partial charge on any atom is -0.330 e. The SMILES string of the molecule is NCCCC[C@H](N)C(=O)c1cc(F)ccc1C=O. The fourth-order valence-corrected chi connectivity index (χ4v) is 1.68. The summed E-state index contributed by atoms with van der Waals surface area (Å²) in [6.07, 6.45) is 2.52. The average Bonchev–Trinajstić information content (AvgIpc) is 2.38. The summed E-state index contributed by atoms with van der Waals surface area (Å²) in [5.41, 5.74) is 11.3. The highest BCUT2D eigenvalue weighted by molar-refractivity contribution is 6.05. The minimum atomic E-state index is -0.725. The molecule has 0 fully saturated rings. The van der Waals surface area contributed by atoms with Gasteiger partial charge in [0, 0.05) is 11.1 Å². The molecule has 0 aromatic heterocycles. The molecule has 1 aromatic rings. The molecular formula is C13H17FN2O2. The Balaban J connectivity index is 2.82. The van der Waals surface area contributed by atoms with Gasteiger partial charge in [-0.2, -0.15) is 0 Å². The maximum Gasteiger partial charge on any atom is 0.180 e. The van der Waals surface area contributed by atoms with Crippen molar-refractivity contribution in [3.8, 4) is 0 Å². The van der Waals surface area contributed by atoms with Crippen LogP contribution in [0.3, 0.4) is 0 Å². The van der Waals surface area contributed by atoms with E-state index in [1.54, 1.807) is 0 Å². The number of aldehydes is 1. The third-order valence-corrected chi connectivity index (χ3v) is 2.71. The quantitative estimate of drug-likeness (QED) is 0.435. The highest BCUT2D eigenvalue weighted by Gasteiger charge is 2.19. The standard InChI is InChI=1S/C13H17FN2O2/c14-10-5-4-9(8-17)11(7-10)13(18)12(16)3-1-2-6-15/h4-5,7-8,12H,1-3,6,15-16H2/t12-/m0/s1. The first-order valence-electron chi connectivity index (χ1n) is 5.84. The zero-order chi connectivity index (χ0) is 13.5. The fraction of sp³-hybridized carbons (Fsp3) is 0.385. The van der Waals surface area contributed by atoms with Crippen molar-refractivity contribution in [1.82, 2.24) is 0 Å². The van der Waals surface area contributed by atoms with Crippen molar-refractivity contribution in [2.24, 2.45) is 11.5 Å².